The van der Waals surface area contributed by atoms with Crippen molar-refractivity contribution in [2.75, 3.05) is 153 Å². The van der Waals surface area contributed by atoms with Gasteiger partial charge in [-0.2, -0.15) is 0 Å². The summed E-state index contributed by atoms with van der Waals surface area (Å²) in [5, 5.41) is 18.3. The lowest BCUT2D eigenvalue weighted by Gasteiger charge is -2.41. The maximum Gasteiger partial charge on any atom is 0.508 e. The second-order valence-electron chi connectivity index (χ2n) is 26.1. The average molecular weight is 1490 g/mol. The van der Waals surface area contributed by atoms with Crippen molar-refractivity contribution >= 4 is 66.2 Å². The Hall–Kier alpha value is -8.81. The number of methoxy groups -OCH3 is 2. The van der Waals surface area contributed by atoms with E-state index in [1.54, 1.807) is 69.2 Å². The molecular weight excluding hydrogens is 1380 g/mol. The van der Waals surface area contributed by atoms with Crippen LogP contribution in [0.2, 0.25) is 0 Å². The first kappa shape index (κ1) is 87.6. The van der Waals surface area contributed by atoms with Gasteiger partial charge in [-0.05, 0) is 74.5 Å². The third-order valence-electron chi connectivity index (χ3n) is 14.1. The number of nitrogens with zero attached hydrogens (tertiary/aromatic N) is 2. The number of rotatable bonds is 42. The number of nitrogens with one attached hydrogen (secondary N) is 7. The topological polar surface area (TPSA) is 446 Å². The summed E-state index contributed by atoms with van der Waals surface area (Å²) in [5.74, 6) is -3.38. The largest absolute Gasteiger partial charge is 0.508 e. The van der Waals surface area contributed by atoms with Gasteiger partial charge in [0.15, 0.2) is 18.3 Å². The minimum absolute atomic E-state index is 0.0121. The number of esters is 2. The lowest BCUT2D eigenvalue weighted by Crippen LogP contribution is -2.64. The Kier molecular flexibility index (Phi) is 37.7. The van der Waals surface area contributed by atoms with Crippen LogP contribution in [-0.4, -0.2) is 295 Å². The first-order valence-corrected chi connectivity index (χ1v) is 33.5. The Labute approximate surface area is 604 Å². The zero-order valence-electron chi connectivity index (χ0n) is 61.3. The van der Waals surface area contributed by atoms with Gasteiger partial charge in [0.05, 0.1) is 105 Å². The van der Waals surface area contributed by atoms with Crippen molar-refractivity contribution in [3.63, 3.8) is 0 Å². The summed E-state index contributed by atoms with van der Waals surface area (Å²) < 4.78 is 105. The lowest BCUT2D eigenvalue weighted by atomic mass is 9.87. The van der Waals surface area contributed by atoms with E-state index in [1.165, 1.54) is 19.1 Å². The van der Waals surface area contributed by atoms with Crippen LogP contribution < -0.4 is 37.2 Å². The standard InChI is InChI=1S/C66H103N9O29/c1-16-22-88-28-30-92-32-33-93-31-29-91-27-21-75(20-26-90-24-18-68-50(78)39-95-54(48-37-97-63(85)101-48)55-51(71-42(4)76)44(35-46(99-55)57(80)87-15)69-41(3)70-59(81)102-64(5,6)7)19-25-89-23-17-67-49(77)38-94-53(47-36-96-62(84)100-47)52-40(2)43(34-45(98-52)56(79)86-14)72-58(73-60(82)103-65(8,9)10)74-61(83)104-66(11,12)13/h1,34-35,40,43-44,47-48,51-55,69H,3,17-33,36-39H2,2,4-15H3,(H,67,77)(H,68,78)(H,70,81)(H,71,76)(H2,72,73,74,82,83)/t40-,43+,44+,47-,48-,51-,52-,53-,54-,55-/m1/s1. The fourth-order valence-electron chi connectivity index (χ4n) is 9.72. The molecule has 4 rings (SSSR count). The van der Waals surface area contributed by atoms with Crippen molar-refractivity contribution in [1.82, 2.24) is 42.1 Å². The number of aliphatic imine (C=N–C) groups is 1. The molecule has 38 nitrogen and oxygen atoms in total. The number of carbonyl (C=O) groups is 10. The maximum atomic E-state index is 13.4. The van der Waals surface area contributed by atoms with Crippen molar-refractivity contribution in [3.05, 3.63) is 36.1 Å². The summed E-state index contributed by atoms with van der Waals surface area (Å²) in [7, 11) is 2.22. The van der Waals surface area contributed by atoms with E-state index in [4.69, 9.17) is 96.4 Å². The summed E-state index contributed by atoms with van der Waals surface area (Å²) in [6.45, 7) is 23.7. The van der Waals surface area contributed by atoms with E-state index < -0.39 is 157 Å². The molecule has 4 aliphatic heterocycles. The summed E-state index contributed by atoms with van der Waals surface area (Å²) in [4.78, 5) is 135. The highest BCUT2D eigenvalue weighted by Crippen LogP contribution is 2.33. The van der Waals surface area contributed by atoms with E-state index in [-0.39, 0.29) is 83.3 Å². The molecule has 0 saturated carbocycles. The smallest absolute Gasteiger partial charge is 0.480 e. The molecule has 7 N–H and O–H groups in total. The van der Waals surface area contributed by atoms with E-state index in [0.29, 0.717) is 59.3 Å². The number of hydrogen-bond donors (Lipinski definition) is 7. The van der Waals surface area contributed by atoms with Gasteiger partial charge in [0.25, 0.3) is 0 Å². The highest BCUT2D eigenvalue weighted by Gasteiger charge is 2.50. The van der Waals surface area contributed by atoms with Gasteiger partial charge in [0, 0.05) is 45.6 Å². The van der Waals surface area contributed by atoms with E-state index in [9.17, 15) is 47.9 Å². The van der Waals surface area contributed by atoms with E-state index in [1.807, 2.05) is 4.90 Å². The van der Waals surface area contributed by atoms with Crippen LogP contribution >= 0.6 is 0 Å². The lowest BCUT2D eigenvalue weighted by molar-refractivity contribution is -0.156. The fourth-order valence-corrected chi connectivity index (χ4v) is 9.72. The molecule has 2 saturated heterocycles. The first-order chi connectivity index (χ1) is 49.2. The van der Waals surface area contributed by atoms with Crippen molar-refractivity contribution in [1.29, 1.82) is 0 Å². The average Bonchev–Trinajstić information content (AvgIpc) is 1.14. The molecule has 0 aromatic rings. The highest BCUT2D eigenvalue weighted by molar-refractivity contribution is 6.01. The van der Waals surface area contributed by atoms with Gasteiger partial charge in [-0.1, -0.05) is 19.4 Å². The van der Waals surface area contributed by atoms with Crippen LogP contribution in [0.3, 0.4) is 0 Å². The van der Waals surface area contributed by atoms with Crippen LogP contribution in [0.4, 0.5) is 24.0 Å². The second kappa shape index (κ2) is 44.8. The Bertz CT molecular complexity index is 2950. The van der Waals surface area contributed by atoms with Crippen LogP contribution in [-0.2, 0) is 114 Å². The molecule has 4 heterocycles. The number of cyclic esters (lactones) is 4. The monoisotopic (exact) mass is 1490 g/mol. The zero-order valence-corrected chi connectivity index (χ0v) is 61.3. The minimum Gasteiger partial charge on any atom is -0.480 e. The third kappa shape index (κ3) is 34.6. The SMILES string of the molecule is C#CCOCCOCCOCCOCCN(CCOCCNC(=O)CO[C@@H]([C@@H]1OC(C(=O)OC)=C[C@H](N=C(NC(=O)OC(C)(C)C)NC(=O)OC(C)(C)C)[C@H]1C)[C@H]1COC(=O)O1)CCOCCNC(=O)CO[C@@H]([C@@H]1OC(C(=O)OC)=C[C@H](NC(=C)NC(=O)OC(C)(C)C)[C@H]1NC(C)=O)[C@H]1COC(=O)O1. The second-order valence-corrected chi connectivity index (χ2v) is 26.1. The number of alkyl carbamates (subject to hydrolysis) is 3. The summed E-state index contributed by atoms with van der Waals surface area (Å²) in [5.41, 5.74) is -2.78. The molecule has 586 valence electrons. The van der Waals surface area contributed by atoms with Crippen LogP contribution in [0.25, 0.3) is 0 Å². The van der Waals surface area contributed by atoms with Gasteiger partial charge in [-0.25, -0.2) is 38.6 Å². The first-order valence-electron chi connectivity index (χ1n) is 33.5. The highest BCUT2D eigenvalue weighted by atomic mass is 16.8. The molecule has 4 aliphatic rings. The predicted octanol–water partition coefficient (Wildman–Crippen LogP) is 0.875. The number of hydrogen-bond acceptors (Lipinski definition) is 32. The third-order valence-corrected chi connectivity index (χ3v) is 14.1. The number of terminal acetylenes is 1. The minimum atomic E-state index is -1.39. The Morgan fingerprint density at radius 3 is 1.42 bits per heavy atom. The number of amides is 6. The van der Waals surface area contributed by atoms with Crippen LogP contribution in [0.15, 0.2) is 41.1 Å². The number of guanidine groups is 1. The summed E-state index contributed by atoms with van der Waals surface area (Å²) >= 11 is 0. The van der Waals surface area contributed by atoms with Crippen molar-refractivity contribution in [2.45, 2.75) is 148 Å². The molecule has 2 fully saturated rings. The van der Waals surface area contributed by atoms with Gasteiger partial charge in [-0.3, -0.25) is 35.2 Å². The van der Waals surface area contributed by atoms with Gasteiger partial charge in [-0.15, -0.1) is 6.42 Å². The summed E-state index contributed by atoms with van der Waals surface area (Å²) in [6, 6.07) is -3.33. The Morgan fingerprint density at radius 2 is 1.00 bits per heavy atom. The molecule has 0 radical (unpaired) electrons. The molecule has 10 atom stereocenters. The van der Waals surface area contributed by atoms with Crippen LogP contribution in [0.1, 0.15) is 76.2 Å². The van der Waals surface area contributed by atoms with Gasteiger partial charge >= 0.3 is 42.5 Å². The summed E-state index contributed by atoms with van der Waals surface area (Å²) in [6.07, 6.45) is -4.84. The number of carbonyl (C=O) groups excluding carboxylic acids is 10. The molecule has 104 heavy (non-hydrogen) atoms. The molecule has 0 unspecified atom stereocenters. The van der Waals surface area contributed by atoms with Gasteiger partial charge in [0.2, 0.25) is 35.2 Å². The molecule has 6 amide bonds. The van der Waals surface area contributed by atoms with Crippen molar-refractivity contribution in [2.24, 2.45) is 10.9 Å². The quantitative estimate of drug-likeness (QED) is 0.0111. The molecule has 0 aromatic carbocycles. The molecule has 38 heteroatoms. The molecular formula is C66H103N9O29. The molecule has 0 aromatic heterocycles. The molecule has 0 spiro atoms. The molecule has 0 bridgehead atoms. The normalized spacial score (nSPS) is 20.5. The van der Waals surface area contributed by atoms with Crippen molar-refractivity contribution < 1.29 is 138 Å². The fraction of sp³-hybridized carbons (Fsp3) is 0.712. The van der Waals surface area contributed by atoms with E-state index in [2.05, 4.69) is 54.7 Å². The Morgan fingerprint density at radius 1 is 0.587 bits per heavy atom. The maximum absolute atomic E-state index is 13.4. The van der Waals surface area contributed by atoms with E-state index >= 15 is 0 Å². The predicted molar refractivity (Wildman–Crippen MR) is 360 cm³/mol. The zero-order chi connectivity index (χ0) is 77.0. The van der Waals surface area contributed by atoms with Crippen LogP contribution in [0.5, 0.6) is 0 Å². The number of ether oxygens (including phenoxy) is 19. The van der Waals surface area contributed by atoms with Gasteiger partial charge < -0.3 is 111 Å². The Balaban J connectivity index is 1.36. The van der Waals surface area contributed by atoms with E-state index in [0.717, 1.165) is 14.2 Å². The van der Waals surface area contributed by atoms with Crippen LogP contribution in [0, 0.1) is 18.3 Å². The molecule has 0 aliphatic carbocycles. The van der Waals surface area contributed by atoms with Crippen molar-refractivity contribution in [3.8, 4) is 12.3 Å². The van der Waals surface area contributed by atoms with Gasteiger partial charge in [0.1, 0.15) is 74.0 Å².